The lowest BCUT2D eigenvalue weighted by Gasteiger charge is -2.11. The lowest BCUT2D eigenvalue weighted by molar-refractivity contribution is -0.139. The summed E-state index contributed by atoms with van der Waals surface area (Å²) >= 11 is 0. The maximum absolute atomic E-state index is 12.8. The first kappa shape index (κ1) is 12.8. The Labute approximate surface area is 95.8 Å². The van der Waals surface area contributed by atoms with Gasteiger partial charge >= 0.3 is 5.97 Å². The number of methoxy groups -OCH3 is 1. The molecule has 0 aromatic carbocycles. The summed E-state index contributed by atoms with van der Waals surface area (Å²) in [6.07, 6.45) is -2.21. The first-order valence-electron chi connectivity index (χ1n) is 4.53. The number of hydrogen-bond acceptors (Lipinski definition) is 5. The van der Waals surface area contributed by atoms with Gasteiger partial charge in [0.15, 0.2) is 5.69 Å². The summed E-state index contributed by atoms with van der Waals surface area (Å²) in [5.41, 5.74) is 4.13. The zero-order valence-electron chi connectivity index (χ0n) is 8.91. The highest BCUT2D eigenvalue weighted by Gasteiger charge is 2.21. The Balaban J connectivity index is 3.27. The number of hydrogen-bond donors (Lipinski definition) is 1. The third-order valence-corrected chi connectivity index (χ3v) is 2.13. The minimum atomic E-state index is -2.88. The zero-order chi connectivity index (χ0) is 13.0. The van der Waals surface area contributed by atoms with Crippen molar-refractivity contribution in [3.05, 3.63) is 23.0 Å². The van der Waals surface area contributed by atoms with Gasteiger partial charge in [0.1, 0.15) is 6.07 Å². The number of nitrogens with zero attached hydrogens (tertiary/aromatic N) is 2. The van der Waals surface area contributed by atoms with Crippen molar-refractivity contribution in [1.29, 1.82) is 5.26 Å². The van der Waals surface area contributed by atoms with E-state index in [0.29, 0.717) is 0 Å². The molecule has 17 heavy (non-hydrogen) atoms. The summed E-state index contributed by atoms with van der Waals surface area (Å²) in [6, 6.07) is 1.60. The van der Waals surface area contributed by atoms with E-state index in [1.807, 2.05) is 0 Å². The number of nitriles is 1. The first-order valence-corrected chi connectivity index (χ1v) is 4.53. The minimum absolute atomic E-state index is 0.0386. The van der Waals surface area contributed by atoms with Crippen LogP contribution in [0, 0.1) is 11.3 Å². The molecular weight excluding hydrogens is 232 g/mol. The van der Waals surface area contributed by atoms with E-state index >= 15 is 0 Å². The van der Waals surface area contributed by atoms with Crippen molar-refractivity contribution in [3.8, 4) is 6.07 Å². The van der Waals surface area contributed by atoms with E-state index < -0.39 is 23.6 Å². The van der Waals surface area contributed by atoms with Crippen LogP contribution in [0.4, 0.5) is 14.5 Å². The molecule has 0 fully saturated rings. The zero-order valence-corrected chi connectivity index (χ0v) is 8.91. The van der Waals surface area contributed by atoms with Crippen LogP contribution in [0.15, 0.2) is 6.20 Å². The van der Waals surface area contributed by atoms with Gasteiger partial charge in [-0.3, -0.25) is 4.79 Å². The van der Waals surface area contributed by atoms with E-state index in [9.17, 15) is 13.6 Å². The van der Waals surface area contributed by atoms with Gasteiger partial charge < -0.3 is 10.5 Å². The van der Waals surface area contributed by atoms with Crippen molar-refractivity contribution >= 4 is 11.7 Å². The van der Waals surface area contributed by atoms with Gasteiger partial charge in [-0.25, -0.2) is 13.8 Å². The average molecular weight is 241 g/mol. The van der Waals surface area contributed by atoms with Gasteiger partial charge in [0.2, 0.25) is 0 Å². The topological polar surface area (TPSA) is 89.0 Å². The maximum Gasteiger partial charge on any atom is 0.310 e. The molecule has 1 aromatic heterocycles. The van der Waals surface area contributed by atoms with Crippen molar-refractivity contribution in [2.75, 3.05) is 12.8 Å². The molecule has 0 radical (unpaired) electrons. The molecule has 5 nitrogen and oxygen atoms in total. The Morgan fingerprint density at radius 3 is 2.82 bits per heavy atom. The van der Waals surface area contributed by atoms with Crippen molar-refractivity contribution in [3.63, 3.8) is 0 Å². The molecule has 0 aliphatic rings. The lowest BCUT2D eigenvalue weighted by Crippen LogP contribution is -2.11. The lowest BCUT2D eigenvalue weighted by atomic mass is 10.0. The molecule has 0 amide bonds. The van der Waals surface area contributed by atoms with Crippen LogP contribution in [0.2, 0.25) is 0 Å². The number of carbonyl (C=O) groups is 1. The van der Waals surface area contributed by atoms with E-state index in [0.717, 1.165) is 13.3 Å². The van der Waals surface area contributed by atoms with Gasteiger partial charge in [-0.15, -0.1) is 0 Å². The first-order chi connectivity index (χ1) is 8.01. The number of nitrogens with two attached hydrogens (primary N) is 1. The van der Waals surface area contributed by atoms with Crippen LogP contribution in [-0.4, -0.2) is 18.1 Å². The Hall–Kier alpha value is -2.23. The van der Waals surface area contributed by atoms with Crippen LogP contribution < -0.4 is 5.73 Å². The molecule has 0 aliphatic heterocycles. The Kier molecular flexibility index (Phi) is 3.93. The summed E-state index contributed by atoms with van der Waals surface area (Å²) in [6.45, 7) is 0. The number of rotatable bonds is 3. The number of esters is 1. The SMILES string of the molecule is COC(=O)Cc1cnc(C#N)c(N)c1C(F)F. The Morgan fingerprint density at radius 2 is 2.35 bits per heavy atom. The molecule has 1 heterocycles. The molecule has 7 heteroatoms. The van der Waals surface area contributed by atoms with Crippen LogP contribution in [0.1, 0.15) is 23.2 Å². The number of pyridine rings is 1. The Morgan fingerprint density at radius 1 is 1.71 bits per heavy atom. The molecular formula is C10H9F2N3O2. The van der Waals surface area contributed by atoms with Crippen LogP contribution in [0.3, 0.4) is 0 Å². The monoisotopic (exact) mass is 241 g/mol. The van der Waals surface area contributed by atoms with Gasteiger partial charge in [-0.2, -0.15) is 5.26 Å². The van der Waals surface area contributed by atoms with Gasteiger partial charge in [0, 0.05) is 11.8 Å². The summed E-state index contributed by atoms with van der Waals surface area (Å²) in [4.78, 5) is 14.6. The van der Waals surface area contributed by atoms with Crippen LogP contribution in [0.25, 0.3) is 0 Å². The van der Waals surface area contributed by atoms with Crippen molar-refractivity contribution < 1.29 is 18.3 Å². The van der Waals surface area contributed by atoms with E-state index in [1.165, 1.54) is 0 Å². The molecule has 1 aromatic rings. The smallest absolute Gasteiger partial charge is 0.310 e. The number of carbonyl (C=O) groups excluding carboxylic acids is 1. The highest BCUT2D eigenvalue weighted by molar-refractivity contribution is 5.74. The fraction of sp³-hybridized carbons (Fsp3) is 0.300. The van der Waals surface area contributed by atoms with Crippen LogP contribution >= 0.6 is 0 Å². The second-order valence-electron chi connectivity index (χ2n) is 3.12. The molecule has 0 aliphatic carbocycles. The summed E-state index contributed by atoms with van der Waals surface area (Å²) in [7, 11) is 1.14. The third kappa shape index (κ3) is 2.66. The van der Waals surface area contributed by atoms with E-state index in [4.69, 9.17) is 11.0 Å². The van der Waals surface area contributed by atoms with Gasteiger partial charge in [-0.05, 0) is 5.56 Å². The second kappa shape index (κ2) is 5.21. The van der Waals surface area contributed by atoms with E-state index in [1.54, 1.807) is 6.07 Å². The van der Waals surface area contributed by atoms with Gasteiger partial charge in [0.25, 0.3) is 6.43 Å². The average Bonchev–Trinajstić information content (AvgIpc) is 2.28. The van der Waals surface area contributed by atoms with Crippen molar-refractivity contribution in [2.45, 2.75) is 12.8 Å². The summed E-state index contributed by atoms with van der Waals surface area (Å²) < 4.78 is 29.9. The predicted molar refractivity (Wildman–Crippen MR) is 54.0 cm³/mol. The highest BCUT2D eigenvalue weighted by atomic mass is 19.3. The summed E-state index contributed by atoms with van der Waals surface area (Å²) in [5.74, 6) is -0.683. The molecule has 90 valence electrons. The molecule has 0 atom stereocenters. The number of nitrogen functional groups attached to an aromatic ring is 1. The van der Waals surface area contributed by atoms with Gasteiger partial charge in [0.05, 0.1) is 19.2 Å². The number of alkyl halides is 2. The Bertz CT molecular complexity index is 483. The largest absolute Gasteiger partial charge is 0.469 e. The van der Waals surface area contributed by atoms with Crippen molar-refractivity contribution in [2.24, 2.45) is 0 Å². The molecule has 0 spiro atoms. The number of ether oxygens (including phenoxy) is 1. The maximum atomic E-state index is 12.8. The quantitative estimate of drug-likeness (QED) is 0.803. The fourth-order valence-electron chi connectivity index (χ4n) is 1.30. The van der Waals surface area contributed by atoms with Crippen LogP contribution in [0.5, 0.6) is 0 Å². The normalized spacial score (nSPS) is 10.1. The van der Waals surface area contributed by atoms with E-state index in [-0.39, 0.29) is 17.7 Å². The highest BCUT2D eigenvalue weighted by Crippen LogP contribution is 2.30. The summed E-state index contributed by atoms with van der Waals surface area (Å²) in [5, 5.41) is 8.61. The molecule has 2 N–H and O–H groups in total. The molecule has 0 unspecified atom stereocenters. The van der Waals surface area contributed by atoms with E-state index in [2.05, 4.69) is 9.72 Å². The number of anilines is 1. The second-order valence-corrected chi connectivity index (χ2v) is 3.12. The van der Waals surface area contributed by atoms with Gasteiger partial charge in [-0.1, -0.05) is 0 Å². The third-order valence-electron chi connectivity index (χ3n) is 2.13. The molecule has 0 saturated heterocycles. The number of aromatic nitrogens is 1. The fourth-order valence-corrected chi connectivity index (χ4v) is 1.30. The van der Waals surface area contributed by atoms with Crippen molar-refractivity contribution in [1.82, 2.24) is 4.98 Å². The molecule has 0 saturated carbocycles. The standard InChI is InChI=1S/C10H9F2N3O2/c1-17-7(16)2-5-4-15-6(3-13)9(14)8(5)10(11)12/h4,10H,2,14H2,1H3. The molecule has 0 bridgehead atoms. The molecule has 1 rings (SSSR count). The van der Waals surface area contributed by atoms with Crippen LogP contribution in [-0.2, 0) is 16.0 Å². The predicted octanol–water partition coefficient (Wildman–Crippen LogP) is 1.19. The minimum Gasteiger partial charge on any atom is -0.469 e. The number of halogens is 2.